The lowest BCUT2D eigenvalue weighted by Gasteiger charge is -2.43. The van der Waals surface area contributed by atoms with Crippen LogP contribution in [0.2, 0.25) is 0 Å². The largest absolute Gasteiger partial charge is 0.486 e. The highest BCUT2D eigenvalue weighted by Gasteiger charge is 2.47. The molecule has 1 aliphatic rings. The molecular weight excluding hydrogens is 556 g/mol. The van der Waals surface area contributed by atoms with Crippen LogP contribution in [0.3, 0.4) is 0 Å². The number of ether oxygens (including phenoxy) is 6. The van der Waals surface area contributed by atoms with Crippen LogP contribution < -0.4 is 0 Å². The van der Waals surface area contributed by atoms with Crippen molar-refractivity contribution in [2.75, 3.05) is 13.7 Å². The predicted octanol–water partition coefficient (Wildman–Crippen LogP) is 6.42. The van der Waals surface area contributed by atoms with E-state index in [1.807, 2.05) is 121 Å². The Kier molecular flexibility index (Phi) is 11.7. The Morgan fingerprint density at radius 3 is 1.52 bits per heavy atom. The van der Waals surface area contributed by atoms with E-state index < -0.39 is 30.4 Å². The van der Waals surface area contributed by atoms with Crippen molar-refractivity contribution in [3.8, 4) is 0 Å². The molecule has 5 rings (SSSR count). The number of methoxy groups -OCH3 is 1. The summed E-state index contributed by atoms with van der Waals surface area (Å²) in [6.45, 7) is 1.51. The molecule has 4 unspecified atom stereocenters. The van der Waals surface area contributed by atoms with E-state index in [4.69, 9.17) is 28.4 Å². The van der Waals surface area contributed by atoms with Gasteiger partial charge in [-0.25, -0.2) is 4.79 Å². The predicted molar refractivity (Wildman–Crippen MR) is 166 cm³/mol. The molecule has 0 bridgehead atoms. The standard InChI is InChI=1S/C37H38O7/c1-39-34(38)22-32-35(41-24-29-16-8-3-9-17-29)37(43-26-31-20-12-5-13-21-31)36(42-25-30-18-10-4-11-19-30)33(44-32)27-40-23-28-14-6-2-7-15-28/h2-22,33,35-37H,23-27H2,1H3. The van der Waals surface area contributed by atoms with Gasteiger partial charge < -0.3 is 28.4 Å². The number of esters is 1. The van der Waals surface area contributed by atoms with E-state index in [1.165, 1.54) is 13.2 Å². The van der Waals surface area contributed by atoms with Crippen molar-refractivity contribution in [3.63, 3.8) is 0 Å². The third-order valence-corrected chi connectivity index (χ3v) is 7.25. The van der Waals surface area contributed by atoms with Gasteiger partial charge in [0.15, 0.2) is 6.10 Å². The van der Waals surface area contributed by atoms with Gasteiger partial charge >= 0.3 is 5.97 Å². The van der Waals surface area contributed by atoms with Crippen LogP contribution in [0.1, 0.15) is 22.3 Å². The smallest absolute Gasteiger partial charge is 0.333 e. The molecule has 7 nitrogen and oxygen atoms in total. The maximum absolute atomic E-state index is 12.5. The first-order chi connectivity index (χ1) is 21.7. The molecule has 1 saturated heterocycles. The summed E-state index contributed by atoms with van der Waals surface area (Å²) in [5, 5.41) is 0. The van der Waals surface area contributed by atoms with E-state index in [0.29, 0.717) is 25.6 Å². The zero-order chi connectivity index (χ0) is 30.4. The van der Waals surface area contributed by atoms with Crippen molar-refractivity contribution in [1.29, 1.82) is 0 Å². The van der Waals surface area contributed by atoms with Crippen LogP contribution in [-0.4, -0.2) is 44.1 Å². The van der Waals surface area contributed by atoms with Gasteiger partial charge in [0.05, 0.1) is 46.2 Å². The molecule has 4 atom stereocenters. The molecule has 0 amide bonds. The van der Waals surface area contributed by atoms with Crippen LogP contribution in [0.5, 0.6) is 0 Å². The normalized spacial score (nSPS) is 20.6. The number of rotatable bonds is 14. The van der Waals surface area contributed by atoms with Crippen LogP contribution in [-0.2, 0) is 59.6 Å². The lowest BCUT2D eigenvalue weighted by atomic mass is 9.96. The minimum atomic E-state index is -0.760. The molecule has 0 spiro atoms. The van der Waals surface area contributed by atoms with Crippen molar-refractivity contribution >= 4 is 5.97 Å². The molecule has 7 heteroatoms. The first-order valence-corrected chi connectivity index (χ1v) is 14.7. The molecule has 0 aliphatic carbocycles. The van der Waals surface area contributed by atoms with Crippen LogP contribution in [0.15, 0.2) is 133 Å². The van der Waals surface area contributed by atoms with Gasteiger partial charge in [-0.15, -0.1) is 0 Å². The molecule has 44 heavy (non-hydrogen) atoms. The topological polar surface area (TPSA) is 72.5 Å². The summed E-state index contributed by atoms with van der Waals surface area (Å²) in [5.74, 6) is -0.249. The van der Waals surface area contributed by atoms with Crippen molar-refractivity contribution in [3.05, 3.63) is 155 Å². The Morgan fingerprint density at radius 1 is 0.614 bits per heavy atom. The summed E-state index contributed by atoms with van der Waals surface area (Å²) < 4.78 is 37.3. The molecule has 1 fully saturated rings. The Bertz CT molecular complexity index is 1430. The third kappa shape index (κ3) is 9.11. The average Bonchev–Trinajstić information content (AvgIpc) is 3.08. The maximum atomic E-state index is 12.5. The molecule has 1 aliphatic heterocycles. The van der Waals surface area contributed by atoms with Crippen LogP contribution >= 0.6 is 0 Å². The highest BCUT2D eigenvalue weighted by Crippen LogP contribution is 2.33. The third-order valence-electron chi connectivity index (χ3n) is 7.25. The summed E-state index contributed by atoms with van der Waals surface area (Å²) in [7, 11) is 1.33. The van der Waals surface area contributed by atoms with Gasteiger partial charge in [0.2, 0.25) is 0 Å². The summed E-state index contributed by atoms with van der Waals surface area (Å²) in [5.41, 5.74) is 4.02. The second kappa shape index (κ2) is 16.5. The highest BCUT2D eigenvalue weighted by atomic mass is 16.6. The molecule has 0 radical (unpaired) electrons. The second-order valence-corrected chi connectivity index (χ2v) is 10.5. The molecule has 0 aromatic heterocycles. The van der Waals surface area contributed by atoms with E-state index in [2.05, 4.69) is 0 Å². The fourth-order valence-electron chi connectivity index (χ4n) is 5.00. The van der Waals surface area contributed by atoms with Gasteiger partial charge in [0, 0.05) is 0 Å². The molecule has 1 heterocycles. The van der Waals surface area contributed by atoms with E-state index in [-0.39, 0.29) is 13.2 Å². The van der Waals surface area contributed by atoms with Gasteiger partial charge in [-0.3, -0.25) is 0 Å². The number of benzene rings is 4. The summed E-state index contributed by atoms with van der Waals surface area (Å²) >= 11 is 0. The Morgan fingerprint density at radius 2 is 1.05 bits per heavy atom. The Hall–Kier alpha value is -4.27. The molecule has 228 valence electrons. The summed E-state index contributed by atoms with van der Waals surface area (Å²) in [4.78, 5) is 12.5. The van der Waals surface area contributed by atoms with Gasteiger partial charge in [-0.2, -0.15) is 0 Å². The fraction of sp³-hybridized carbons (Fsp3) is 0.270. The lowest BCUT2D eigenvalue weighted by Crippen LogP contribution is -2.56. The minimum absolute atomic E-state index is 0.198. The zero-order valence-corrected chi connectivity index (χ0v) is 24.8. The number of hydrogen-bond donors (Lipinski definition) is 0. The zero-order valence-electron chi connectivity index (χ0n) is 24.8. The highest BCUT2D eigenvalue weighted by molar-refractivity contribution is 5.82. The van der Waals surface area contributed by atoms with Crippen LogP contribution in [0.25, 0.3) is 0 Å². The van der Waals surface area contributed by atoms with Crippen molar-refractivity contribution in [2.45, 2.75) is 50.8 Å². The number of carbonyl (C=O) groups excluding carboxylic acids is 1. The number of carbonyl (C=O) groups is 1. The average molecular weight is 595 g/mol. The van der Waals surface area contributed by atoms with Gasteiger partial charge in [-0.05, 0) is 22.3 Å². The summed E-state index contributed by atoms with van der Waals surface area (Å²) in [6, 6.07) is 39.6. The van der Waals surface area contributed by atoms with Gasteiger partial charge in [0.25, 0.3) is 0 Å². The van der Waals surface area contributed by atoms with E-state index in [0.717, 1.165) is 22.3 Å². The van der Waals surface area contributed by atoms with Crippen molar-refractivity contribution < 1.29 is 33.2 Å². The van der Waals surface area contributed by atoms with Crippen LogP contribution in [0.4, 0.5) is 0 Å². The Labute approximate surface area is 258 Å². The monoisotopic (exact) mass is 594 g/mol. The second-order valence-electron chi connectivity index (χ2n) is 10.5. The first-order valence-electron chi connectivity index (χ1n) is 14.7. The molecule has 0 saturated carbocycles. The molecule has 0 N–H and O–H groups in total. The SMILES string of the molecule is COC(=O)C=C1OC(COCc2ccccc2)C(OCc2ccccc2)C(OCc2ccccc2)C1OCc1ccccc1. The fourth-order valence-corrected chi connectivity index (χ4v) is 5.00. The van der Waals surface area contributed by atoms with E-state index in [1.54, 1.807) is 0 Å². The molecule has 4 aromatic rings. The van der Waals surface area contributed by atoms with Crippen LogP contribution in [0, 0.1) is 0 Å². The maximum Gasteiger partial charge on any atom is 0.333 e. The van der Waals surface area contributed by atoms with Gasteiger partial charge in [-0.1, -0.05) is 121 Å². The van der Waals surface area contributed by atoms with Crippen molar-refractivity contribution in [1.82, 2.24) is 0 Å². The van der Waals surface area contributed by atoms with Gasteiger partial charge in [0.1, 0.15) is 24.1 Å². The first kappa shape index (κ1) is 31.2. The summed E-state index contributed by atoms with van der Waals surface area (Å²) in [6.07, 6.45) is -1.27. The molecular formula is C37H38O7. The lowest BCUT2D eigenvalue weighted by molar-refractivity contribution is -0.223. The quantitative estimate of drug-likeness (QED) is 0.123. The van der Waals surface area contributed by atoms with E-state index >= 15 is 0 Å². The Balaban J connectivity index is 1.46. The number of hydrogen-bond acceptors (Lipinski definition) is 7. The van der Waals surface area contributed by atoms with Crippen molar-refractivity contribution in [2.24, 2.45) is 0 Å². The van der Waals surface area contributed by atoms with E-state index in [9.17, 15) is 4.79 Å². The molecule has 4 aromatic carbocycles. The minimum Gasteiger partial charge on any atom is -0.486 e.